The predicted molar refractivity (Wildman–Crippen MR) is 262 cm³/mol. The summed E-state index contributed by atoms with van der Waals surface area (Å²) in [5.41, 5.74) is 3.99. The molecule has 3 aromatic carbocycles. The lowest BCUT2D eigenvalue weighted by atomic mass is 10.1. The number of hydrogen-bond acceptors (Lipinski definition) is 15. The molecule has 15 nitrogen and oxygen atoms in total. The Bertz CT molecular complexity index is 2680. The van der Waals surface area contributed by atoms with E-state index in [0.717, 1.165) is 67.7 Å². The third-order valence-corrected chi connectivity index (χ3v) is 12.4. The third-order valence-electron chi connectivity index (χ3n) is 9.77. The molecule has 4 aromatic heterocycles. The highest BCUT2D eigenvalue weighted by atomic mass is 35.5. The lowest BCUT2D eigenvalue weighted by molar-refractivity contribution is 0.0398. The lowest BCUT2D eigenvalue weighted by Gasteiger charge is -2.26. The van der Waals surface area contributed by atoms with Gasteiger partial charge in [0.1, 0.15) is 32.3 Å². The number of hydrogen-bond donors (Lipinski definition) is 4. The summed E-state index contributed by atoms with van der Waals surface area (Å²) in [6.45, 7) is 9.42. The third kappa shape index (κ3) is 13.1. The van der Waals surface area contributed by atoms with Gasteiger partial charge in [-0.05, 0) is 66.9 Å². The number of benzene rings is 3. The quantitative estimate of drug-likeness (QED) is 0.0766. The fourth-order valence-electron chi connectivity index (χ4n) is 6.49. The van der Waals surface area contributed by atoms with Gasteiger partial charge in [-0.3, -0.25) is 19.5 Å². The Morgan fingerprint density at radius 1 is 0.769 bits per heavy atom. The van der Waals surface area contributed by atoms with Crippen molar-refractivity contribution in [2.45, 2.75) is 20.4 Å². The fraction of sp³-hybridized carbons (Fsp3) is 0.222. The average molecular weight is 973 g/mol. The second kappa shape index (κ2) is 22.8. The summed E-state index contributed by atoms with van der Waals surface area (Å²) in [5, 5.41) is 14.7. The summed E-state index contributed by atoms with van der Waals surface area (Å²) in [7, 11) is 1.61. The molecule has 0 bridgehead atoms. The first-order valence-electron chi connectivity index (χ1n) is 20.2. The number of halogens is 3. The van der Waals surface area contributed by atoms with E-state index in [1.807, 2.05) is 80.6 Å². The van der Waals surface area contributed by atoms with Crippen molar-refractivity contribution in [3.63, 3.8) is 0 Å². The zero-order valence-electron chi connectivity index (χ0n) is 35.5. The molecule has 20 heteroatoms. The number of pyridine rings is 1. The highest BCUT2D eigenvalue weighted by Crippen LogP contribution is 2.34. The number of methoxy groups -OCH3 is 1. The number of carbonyl (C=O) groups is 2. The van der Waals surface area contributed by atoms with Crippen LogP contribution in [0.4, 0.5) is 39.1 Å². The molecule has 2 amide bonds. The van der Waals surface area contributed by atoms with E-state index in [2.05, 4.69) is 51.1 Å². The molecule has 1 fully saturated rings. The van der Waals surface area contributed by atoms with Gasteiger partial charge >= 0.3 is 0 Å². The van der Waals surface area contributed by atoms with Crippen LogP contribution in [0.1, 0.15) is 36.0 Å². The number of amides is 2. The number of aromatic nitrogens is 5. The van der Waals surface area contributed by atoms with Gasteiger partial charge in [-0.25, -0.2) is 19.9 Å². The Hall–Kier alpha value is -5.92. The minimum absolute atomic E-state index is 0.218. The first-order valence-corrected chi connectivity index (χ1v) is 23.0. The highest BCUT2D eigenvalue weighted by Gasteiger charge is 2.25. The smallest absolute Gasteiger partial charge is 0.270 e. The minimum atomic E-state index is -0.252. The van der Waals surface area contributed by atoms with E-state index >= 15 is 0 Å². The standard InChI is InChI=1S/C23H19Cl2N5O2S.C22H25ClN6O2S/c1-14-4-3-5-17(24)21(14)30(13-15-6-8-16(32-2)9-7-15)22(31)18-10-27-23(33-18)29-20-12-26-11-19(25)28-20;1-15-4-2-5-16(23)20(15)28-21(30)17-14-25-22(32-17)27-19-7-3-6-18(26-19)24-8-9-29-10-12-31-13-11-29/h3-12H,13H2,1-2H3,(H,27,28,29);2-7,14H,8-13H2,1H3,(H,28,30)(H2,24,25,26,27). The van der Waals surface area contributed by atoms with Crippen LogP contribution in [0.15, 0.2) is 104 Å². The Kier molecular flexibility index (Phi) is 16.5. The lowest BCUT2D eigenvalue weighted by Crippen LogP contribution is -2.39. The molecule has 0 spiro atoms. The van der Waals surface area contributed by atoms with Crippen molar-refractivity contribution in [3.8, 4) is 5.75 Å². The number of morpholine rings is 1. The number of aryl methyl sites for hydroxylation is 2. The molecule has 1 aliphatic rings. The second-order valence-electron chi connectivity index (χ2n) is 14.4. The molecule has 4 N–H and O–H groups in total. The van der Waals surface area contributed by atoms with Crippen LogP contribution in [0.5, 0.6) is 5.75 Å². The Labute approximate surface area is 399 Å². The first-order chi connectivity index (χ1) is 31.5. The van der Waals surface area contributed by atoms with E-state index in [4.69, 9.17) is 44.3 Å². The largest absolute Gasteiger partial charge is 0.497 e. The molecule has 1 saturated heterocycles. The molecule has 0 radical (unpaired) electrons. The zero-order valence-corrected chi connectivity index (χ0v) is 39.4. The van der Waals surface area contributed by atoms with E-state index in [1.165, 1.54) is 41.3 Å². The van der Waals surface area contributed by atoms with Crippen LogP contribution in [0, 0.1) is 13.8 Å². The number of anilines is 7. The van der Waals surface area contributed by atoms with Gasteiger partial charge in [-0.1, -0.05) is 99.9 Å². The Balaban J connectivity index is 0.000000194. The van der Waals surface area contributed by atoms with Crippen LogP contribution in [0.3, 0.4) is 0 Å². The molecular formula is C45H44Cl3N11O4S2. The van der Waals surface area contributed by atoms with Crippen molar-refractivity contribution in [2.24, 2.45) is 0 Å². The number of rotatable bonds is 15. The molecule has 0 atom stereocenters. The average Bonchev–Trinajstić information content (AvgIpc) is 3.98. The van der Waals surface area contributed by atoms with E-state index in [1.54, 1.807) is 30.3 Å². The first kappa shape index (κ1) is 47.1. The molecule has 336 valence electrons. The van der Waals surface area contributed by atoms with Crippen molar-refractivity contribution in [1.82, 2.24) is 29.8 Å². The van der Waals surface area contributed by atoms with Crippen molar-refractivity contribution in [2.75, 3.05) is 72.7 Å². The molecule has 8 rings (SSSR count). The monoisotopic (exact) mass is 971 g/mol. The van der Waals surface area contributed by atoms with Crippen LogP contribution in [-0.2, 0) is 11.3 Å². The van der Waals surface area contributed by atoms with E-state index in [0.29, 0.717) is 59.6 Å². The van der Waals surface area contributed by atoms with Gasteiger partial charge in [0.05, 0.1) is 73.1 Å². The predicted octanol–water partition coefficient (Wildman–Crippen LogP) is 10.4. The normalized spacial score (nSPS) is 12.4. The molecule has 1 aliphatic heterocycles. The van der Waals surface area contributed by atoms with E-state index in [9.17, 15) is 9.59 Å². The molecule has 0 unspecified atom stereocenters. The topological polar surface area (TPSA) is 172 Å². The van der Waals surface area contributed by atoms with E-state index in [-0.39, 0.29) is 17.0 Å². The molecule has 0 saturated carbocycles. The summed E-state index contributed by atoms with van der Waals surface area (Å²) in [5.74, 6) is 2.15. The molecule has 7 aromatic rings. The number of nitrogens with one attached hydrogen (secondary N) is 4. The van der Waals surface area contributed by atoms with Crippen LogP contribution < -0.4 is 30.9 Å². The Morgan fingerprint density at radius 3 is 2.14 bits per heavy atom. The summed E-state index contributed by atoms with van der Waals surface area (Å²) in [6, 6.07) is 24.3. The van der Waals surface area contributed by atoms with Crippen molar-refractivity contribution < 1.29 is 19.1 Å². The summed E-state index contributed by atoms with van der Waals surface area (Å²) < 4.78 is 10.6. The fourth-order valence-corrected chi connectivity index (χ4v) is 8.72. The number of nitrogens with zero attached hydrogens (tertiary/aromatic N) is 7. The van der Waals surface area contributed by atoms with Crippen LogP contribution in [0.25, 0.3) is 0 Å². The summed E-state index contributed by atoms with van der Waals surface area (Å²) >= 11 is 21.1. The number of ether oxygens (including phenoxy) is 2. The van der Waals surface area contributed by atoms with Gasteiger partial charge in [-0.2, -0.15) is 0 Å². The minimum Gasteiger partial charge on any atom is -0.497 e. The summed E-state index contributed by atoms with van der Waals surface area (Å²) in [4.78, 5) is 52.5. The van der Waals surface area contributed by atoms with E-state index < -0.39 is 0 Å². The number of carbonyl (C=O) groups excluding carboxylic acids is 2. The maximum absolute atomic E-state index is 13.6. The van der Waals surface area contributed by atoms with Gasteiger partial charge in [0, 0.05) is 26.2 Å². The maximum Gasteiger partial charge on any atom is 0.270 e. The SMILES string of the molecule is COc1ccc(CN(C(=O)c2cnc(Nc3cncc(Cl)n3)s2)c2c(C)cccc2Cl)cc1.Cc1cccc(Cl)c1NC(=O)c1cnc(Nc2cccc(NCCN3CCOCC3)n2)s1. The van der Waals surface area contributed by atoms with Crippen LogP contribution in [0.2, 0.25) is 15.2 Å². The van der Waals surface area contributed by atoms with Gasteiger partial charge in [-0.15, -0.1) is 0 Å². The number of thiazole rings is 2. The molecule has 65 heavy (non-hydrogen) atoms. The van der Waals surface area contributed by atoms with Gasteiger partial charge in [0.25, 0.3) is 11.8 Å². The summed E-state index contributed by atoms with van der Waals surface area (Å²) in [6.07, 6.45) is 6.03. The highest BCUT2D eigenvalue weighted by molar-refractivity contribution is 7.18. The van der Waals surface area contributed by atoms with Gasteiger partial charge < -0.3 is 35.6 Å². The van der Waals surface area contributed by atoms with Crippen molar-refractivity contribution >= 4 is 108 Å². The van der Waals surface area contributed by atoms with Crippen molar-refractivity contribution in [1.29, 1.82) is 0 Å². The molecule has 5 heterocycles. The number of para-hydroxylation sites is 2. The van der Waals surface area contributed by atoms with Crippen LogP contribution in [-0.4, -0.2) is 88.1 Å². The zero-order chi connectivity index (χ0) is 45.7. The van der Waals surface area contributed by atoms with Crippen molar-refractivity contribution in [3.05, 3.63) is 145 Å². The second-order valence-corrected chi connectivity index (χ2v) is 17.6. The molecular weight excluding hydrogens is 929 g/mol. The molecule has 0 aliphatic carbocycles. The van der Waals surface area contributed by atoms with Gasteiger partial charge in [0.2, 0.25) is 0 Å². The Morgan fingerprint density at radius 2 is 1.43 bits per heavy atom. The van der Waals surface area contributed by atoms with Gasteiger partial charge in [0.15, 0.2) is 16.1 Å². The van der Waals surface area contributed by atoms with Crippen LogP contribution >= 0.6 is 57.5 Å². The maximum atomic E-state index is 13.6.